The Bertz CT molecular complexity index is 1980. The van der Waals surface area contributed by atoms with Gasteiger partial charge >= 0.3 is 0 Å². The number of nitrogens with zero attached hydrogens (tertiary/aromatic N) is 9. The monoisotopic (exact) mass is 978 g/mol. The minimum atomic E-state index is 0.0425. The van der Waals surface area contributed by atoms with E-state index >= 15 is 0 Å². The third kappa shape index (κ3) is 11.9. The van der Waals surface area contributed by atoms with Gasteiger partial charge in [-0.25, -0.2) is 0 Å². The van der Waals surface area contributed by atoms with E-state index in [9.17, 15) is 9.59 Å². The van der Waals surface area contributed by atoms with Crippen LogP contribution in [-0.2, 0) is 22.7 Å². The Morgan fingerprint density at radius 3 is 1.42 bits per heavy atom. The molecule has 14 nitrogen and oxygen atoms in total. The van der Waals surface area contributed by atoms with Crippen LogP contribution >= 0.6 is 69.0 Å². The van der Waals surface area contributed by atoms with Crippen LogP contribution in [0, 0.1) is 17.5 Å². The number of hydrogen-bond donors (Lipinski definition) is 1. The predicted octanol–water partition coefficient (Wildman–Crippen LogP) is 6.22. The van der Waals surface area contributed by atoms with Gasteiger partial charge < -0.3 is 39.3 Å². The van der Waals surface area contributed by atoms with Crippen LogP contribution in [0.5, 0.6) is 11.5 Å². The standard InChI is InChI=1S/C19H25Cl2N5O2.C17H19Cl2IN4O2.C2H7N/c1-13-18(21)19(23(2)3)22-26(13)12-17(27)25-9-7-24(8-10-25)14-5-6-15(20)16(11-14)28-4;1-11-16(19)17(20)21-24(11)10-15(25)23-7-5-22(6-8-23)12-3-4-13(18)14(9-12)26-2;1-3-2/h5-6,11H,7-10,12H2,1-4H3;3-4,9H,5-8,10H2,1-2H3;3H,1-2H3. The molecule has 2 amide bonds. The largest absolute Gasteiger partial charge is 0.495 e. The molecule has 57 heavy (non-hydrogen) atoms. The fraction of sp³-hybridized carbons (Fsp3) is 0.474. The lowest BCUT2D eigenvalue weighted by Gasteiger charge is -2.36. The van der Waals surface area contributed by atoms with E-state index in [4.69, 9.17) is 55.9 Å². The zero-order valence-electron chi connectivity index (χ0n) is 33.6. The minimum absolute atomic E-state index is 0.0425. The molecule has 0 bridgehead atoms. The molecular formula is C38H51Cl4IN10O4. The Morgan fingerprint density at radius 2 is 1.09 bits per heavy atom. The smallest absolute Gasteiger partial charge is 0.244 e. The molecule has 4 aromatic rings. The summed E-state index contributed by atoms with van der Waals surface area (Å²) >= 11 is 26.7. The third-order valence-corrected chi connectivity index (χ3v) is 12.1. The molecule has 19 heteroatoms. The van der Waals surface area contributed by atoms with Crippen molar-refractivity contribution in [2.24, 2.45) is 0 Å². The highest BCUT2D eigenvalue weighted by atomic mass is 127. The Morgan fingerprint density at radius 1 is 0.702 bits per heavy atom. The van der Waals surface area contributed by atoms with Gasteiger partial charge in [-0.2, -0.15) is 10.2 Å². The van der Waals surface area contributed by atoms with Gasteiger partial charge in [0.15, 0.2) is 5.82 Å². The summed E-state index contributed by atoms with van der Waals surface area (Å²) in [7, 11) is 10.7. The first-order valence-corrected chi connectivity index (χ1v) is 20.8. The van der Waals surface area contributed by atoms with Crippen molar-refractivity contribution >= 4 is 98.0 Å². The Kier molecular flexibility index (Phi) is 17.6. The molecule has 6 rings (SSSR count). The van der Waals surface area contributed by atoms with E-state index in [1.807, 2.05) is 93.1 Å². The summed E-state index contributed by atoms with van der Waals surface area (Å²) < 4.78 is 14.6. The van der Waals surface area contributed by atoms with Gasteiger partial charge in [-0.15, -0.1) is 0 Å². The van der Waals surface area contributed by atoms with Crippen molar-refractivity contribution in [2.45, 2.75) is 26.9 Å². The molecule has 0 radical (unpaired) electrons. The van der Waals surface area contributed by atoms with Crippen molar-refractivity contribution in [1.29, 1.82) is 0 Å². The number of anilines is 3. The second-order valence-corrected chi connectivity index (χ2v) is 16.1. The van der Waals surface area contributed by atoms with Crippen molar-refractivity contribution in [1.82, 2.24) is 34.7 Å². The molecule has 0 atom stereocenters. The van der Waals surface area contributed by atoms with Gasteiger partial charge in [-0.05, 0) is 74.8 Å². The summed E-state index contributed by atoms with van der Waals surface area (Å²) in [4.78, 5) is 35.4. The number of carbonyl (C=O) groups excluding carboxylic acids is 2. The molecule has 0 saturated carbocycles. The molecule has 2 aromatic carbocycles. The van der Waals surface area contributed by atoms with Crippen molar-refractivity contribution in [3.63, 3.8) is 0 Å². The molecule has 0 spiro atoms. The molecule has 1 N–H and O–H groups in total. The van der Waals surface area contributed by atoms with Gasteiger partial charge in [0, 0.05) is 90.0 Å². The van der Waals surface area contributed by atoms with Crippen LogP contribution in [0.2, 0.25) is 20.1 Å². The summed E-state index contributed by atoms with van der Waals surface area (Å²) in [5.41, 5.74) is 3.70. The van der Waals surface area contributed by atoms with Gasteiger partial charge in [0.05, 0.1) is 40.7 Å². The molecule has 2 aliphatic heterocycles. The summed E-state index contributed by atoms with van der Waals surface area (Å²) in [6.07, 6.45) is 0. The molecule has 312 valence electrons. The number of hydrogen-bond acceptors (Lipinski definition) is 10. The lowest BCUT2D eigenvalue weighted by atomic mass is 10.2. The Hall–Kier alpha value is -3.35. The number of ether oxygens (including phenoxy) is 2. The normalized spacial score (nSPS) is 14.1. The highest BCUT2D eigenvalue weighted by Crippen LogP contribution is 2.32. The highest BCUT2D eigenvalue weighted by Gasteiger charge is 2.25. The van der Waals surface area contributed by atoms with Crippen molar-refractivity contribution in [3.8, 4) is 11.5 Å². The van der Waals surface area contributed by atoms with Crippen LogP contribution in [-0.4, -0.2) is 136 Å². The number of halogens is 5. The fourth-order valence-corrected chi connectivity index (χ4v) is 7.64. The topological polar surface area (TPSA) is 116 Å². The van der Waals surface area contributed by atoms with Gasteiger partial charge in [0.25, 0.3) is 0 Å². The minimum Gasteiger partial charge on any atom is -0.495 e. The molecule has 2 fully saturated rings. The number of benzene rings is 2. The number of rotatable bonds is 9. The highest BCUT2D eigenvalue weighted by molar-refractivity contribution is 14.1. The van der Waals surface area contributed by atoms with Crippen LogP contribution in [0.3, 0.4) is 0 Å². The Labute approximate surface area is 368 Å². The van der Waals surface area contributed by atoms with E-state index in [0.29, 0.717) is 63.6 Å². The number of nitrogens with one attached hydrogen (secondary N) is 1. The first kappa shape index (κ1) is 46.3. The lowest BCUT2D eigenvalue weighted by Crippen LogP contribution is -2.49. The van der Waals surface area contributed by atoms with Gasteiger partial charge in [0.2, 0.25) is 11.8 Å². The lowest BCUT2D eigenvalue weighted by molar-refractivity contribution is -0.133. The number of piperazine rings is 2. The average Bonchev–Trinajstić information content (AvgIpc) is 3.62. The molecule has 2 aromatic heterocycles. The van der Waals surface area contributed by atoms with Crippen LogP contribution in [0.1, 0.15) is 11.4 Å². The van der Waals surface area contributed by atoms with E-state index in [1.165, 1.54) is 0 Å². The van der Waals surface area contributed by atoms with Crippen LogP contribution in [0.15, 0.2) is 36.4 Å². The second-order valence-electron chi connectivity index (χ2n) is 13.5. The van der Waals surface area contributed by atoms with Crippen molar-refractivity contribution in [3.05, 3.63) is 71.6 Å². The Balaban J connectivity index is 0.000000237. The summed E-state index contributed by atoms with van der Waals surface area (Å²) in [5.74, 6) is 2.08. The zero-order valence-corrected chi connectivity index (χ0v) is 38.8. The maximum Gasteiger partial charge on any atom is 0.244 e. The fourth-order valence-electron chi connectivity index (χ4n) is 6.16. The van der Waals surface area contributed by atoms with Crippen LogP contribution < -0.4 is 29.5 Å². The molecule has 0 unspecified atom stereocenters. The van der Waals surface area contributed by atoms with E-state index in [1.54, 1.807) is 23.6 Å². The van der Waals surface area contributed by atoms with E-state index in [-0.39, 0.29) is 24.9 Å². The van der Waals surface area contributed by atoms with Crippen LogP contribution in [0.25, 0.3) is 0 Å². The van der Waals surface area contributed by atoms with Crippen LogP contribution in [0.4, 0.5) is 17.2 Å². The summed E-state index contributed by atoms with van der Waals surface area (Å²) in [6, 6.07) is 11.5. The second kappa shape index (κ2) is 21.6. The molecular weight excluding hydrogens is 929 g/mol. The maximum absolute atomic E-state index is 12.8. The molecule has 2 aliphatic rings. The first-order chi connectivity index (χ1) is 27.1. The van der Waals surface area contributed by atoms with E-state index < -0.39 is 0 Å². The molecule has 0 aliphatic carbocycles. The van der Waals surface area contributed by atoms with E-state index in [0.717, 1.165) is 52.6 Å². The van der Waals surface area contributed by atoms with Gasteiger partial charge in [-0.3, -0.25) is 19.0 Å². The number of carbonyl (C=O) groups is 2. The van der Waals surface area contributed by atoms with Gasteiger partial charge in [-0.1, -0.05) is 46.4 Å². The van der Waals surface area contributed by atoms with Crippen molar-refractivity contribution < 1.29 is 19.1 Å². The predicted molar refractivity (Wildman–Crippen MR) is 240 cm³/mol. The quantitative estimate of drug-likeness (QED) is 0.194. The van der Waals surface area contributed by atoms with E-state index in [2.05, 4.69) is 47.9 Å². The number of amides is 2. The zero-order chi connectivity index (χ0) is 42.0. The summed E-state index contributed by atoms with van der Waals surface area (Å²) in [6.45, 7) is 9.78. The first-order valence-electron chi connectivity index (χ1n) is 18.2. The molecule has 4 heterocycles. The molecule has 2 saturated heterocycles. The average molecular weight is 981 g/mol. The third-order valence-electron chi connectivity index (χ3n) is 9.47. The number of methoxy groups -OCH3 is 2. The summed E-state index contributed by atoms with van der Waals surface area (Å²) in [5, 5.41) is 13.9. The maximum atomic E-state index is 12.8. The number of aromatic nitrogens is 4. The van der Waals surface area contributed by atoms with Gasteiger partial charge in [0.1, 0.15) is 33.3 Å². The van der Waals surface area contributed by atoms with Crippen molar-refractivity contribution in [2.75, 3.05) is 109 Å². The SMILES string of the molecule is CNC.COc1cc(N2CCN(C(=O)Cn3nc(I)c(Cl)c3C)CC2)ccc1Cl.COc1cc(N2CCN(C(=O)Cn3nc(N(C)C)c(Cl)c3C)CC2)ccc1Cl.